The first kappa shape index (κ1) is 13.3. The molecule has 19 heavy (non-hydrogen) atoms. The first-order valence-electron chi connectivity index (χ1n) is 6.16. The summed E-state index contributed by atoms with van der Waals surface area (Å²) in [5.74, 6) is -0.0184. The zero-order valence-electron chi connectivity index (χ0n) is 10.7. The van der Waals surface area contributed by atoms with Gasteiger partial charge in [0.2, 0.25) is 0 Å². The molecule has 2 nitrogen and oxygen atoms in total. The molecule has 98 valence electrons. The molecule has 0 aliphatic heterocycles. The molecule has 0 aliphatic rings. The number of halogens is 1. The van der Waals surface area contributed by atoms with Crippen LogP contribution < -0.4 is 4.74 Å². The highest BCUT2D eigenvalue weighted by atomic mass is 19.1. The van der Waals surface area contributed by atoms with Crippen LogP contribution in [0.1, 0.15) is 17.5 Å². The van der Waals surface area contributed by atoms with E-state index in [1.54, 1.807) is 18.2 Å². The van der Waals surface area contributed by atoms with Crippen molar-refractivity contribution in [1.29, 1.82) is 0 Å². The fourth-order valence-electron chi connectivity index (χ4n) is 1.78. The van der Waals surface area contributed by atoms with Crippen molar-refractivity contribution in [2.24, 2.45) is 0 Å². The lowest BCUT2D eigenvalue weighted by atomic mass is 10.1. The number of ether oxygens (including phenoxy) is 1. The molecule has 0 fully saturated rings. The summed E-state index contributed by atoms with van der Waals surface area (Å²) < 4.78 is 18.2. The number of carbonyl (C=O) groups excluding carboxylic acids is 1. The number of rotatable bonds is 4. The van der Waals surface area contributed by atoms with E-state index in [9.17, 15) is 9.18 Å². The van der Waals surface area contributed by atoms with Crippen molar-refractivity contribution in [1.82, 2.24) is 0 Å². The molecular formula is C16H15FO2. The zero-order valence-corrected chi connectivity index (χ0v) is 10.7. The summed E-state index contributed by atoms with van der Waals surface area (Å²) in [5, 5.41) is 0. The average molecular weight is 258 g/mol. The van der Waals surface area contributed by atoms with E-state index in [2.05, 4.69) is 0 Å². The van der Waals surface area contributed by atoms with E-state index in [0.29, 0.717) is 12.2 Å². The number of benzene rings is 2. The van der Waals surface area contributed by atoms with E-state index in [4.69, 9.17) is 4.74 Å². The summed E-state index contributed by atoms with van der Waals surface area (Å²) in [6.07, 6.45) is 0.709. The molecule has 0 spiro atoms. The molecule has 0 radical (unpaired) electrons. The van der Waals surface area contributed by atoms with Crippen LogP contribution in [0.3, 0.4) is 0 Å². The maximum Gasteiger partial charge on any atom is 0.311 e. The largest absolute Gasteiger partial charge is 0.426 e. The smallest absolute Gasteiger partial charge is 0.311 e. The minimum absolute atomic E-state index is 0.234. The van der Waals surface area contributed by atoms with E-state index < -0.39 is 0 Å². The van der Waals surface area contributed by atoms with Crippen LogP contribution in [0.4, 0.5) is 4.39 Å². The molecular weight excluding hydrogens is 243 g/mol. The second-order valence-electron chi connectivity index (χ2n) is 4.37. The van der Waals surface area contributed by atoms with Crippen molar-refractivity contribution < 1.29 is 13.9 Å². The predicted octanol–water partition coefficient (Wildman–Crippen LogP) is 3.67. The SMILES string of the molecule is Cc1ccccc1OC(=O)CCc1cccc(F)c1. The molecule has 0 saturated heterocycles. The molecule has 2 aromatic rings. The molecule has 0 atom stereocenters. The number of hydrogen-bond acceptors (Lipinski definition) is 2. The Morgan fingerprint density at radius 2 is 1.95 bits per heavy atom. The van der Waals surface area contributed by atoms with Gasteiger partial charge in [-0.1, -0.05) is 30.3 Å². The van der Waals surface area contributed by atoms with Gasteiger partial charge in [0.25, 0.3) is 0 Å². The van der Waals surface area contributed by atoms with Crippen LogP contribution in [0.5, 0.6) is 5.75 Å². The van der Waals surface area contributed by atoms with E-state index >= 15 is 0 Å². The summed E-state index contributed by atoms with van der Waals surface area (Å²) in [6.45, 7) is 1.88. The third-order valence-electron chi connectivity index (χ3n) is 2.82. The van der Waals surface area contributed by atoms with Crippen LogP contribution in [0, 0.1) is 12.7 Å². The van der Waals surface area contributed by atoms with Gasteiger partial charge in [0.15, 0.2) is 0 Å². The van der Waals surface area contributed by atoms with Crippen molar-refractivity contribution in [3.63, 3.8) is 0 Å². The van der Waals surface area contributed by atoms with Crippen LogP contribution in [0.25, 0.3) is 0 Å². The van der Waals surface area contributed by atoms with Crippen molar-refractivity contribution in [3.05, 3.63) is 65.5 Å². The summed E-state index contributed by atoms with van der Waals surface area (Å²) in [4.78, 5) is 11.7. The molecule has 0 saturated carbocycles. The van der Waals surface area contributed by atoms with E-state index in [-0.39, 0.29) is 18.2 Å². The minimum atomic E-state index is -0.307. The van der Waals surface area contributed by atoms with Gasteiger partial charge in [-0.05, 0) is 42.7 Å². The van der Waals surface area contributed by atoms with Crippen molar-refractivity contribution in [2.75, 3.05) is 0 Å². The fourth-order valence-corrected chi connectivity index (χ4v) is 1.78. The van der Waals surface area contributed by atoms with Gasteiger partial charge in [-0.25, -0.2) is 4.39 Å². The summed E-state index contributed by atoms with van der Waals surface area (Å²) in [6, 6.07) is 13.6. The lowest BCUT2D eigenvalue weighted by Crippen LogP contribution is -2.09. The van der Waals surface area contributed by atoms with Gasteiger partial charge in [0.05, 0.1) is 0 Å². The zero-order chi connectivity index (χ0) is 13.7. The first-order chi connectivity index (χ1) is 9.15. The van der Waals surface area contributed by atoms with Gasteiger partial charge in [0.1, 0.15) is 11.6 Å². The Hall–Kier alpha value is -2.16. The van der Waals surface area contributed by atoms with Crippen LogP contribution in [-0.2, 0) is 11.2 Å². The molecule has 2 aromatic carbocycles. The molecule has 0 bridgehead atoms. The Morgan fingerprint density at radius 1 is 1.16 bits per heavy atom. The fraction of sp³-hybridized carbons (Fsp3) is 0.188. The van der Waals surface area contributed by atoms with Gasteiger partial charge in [-0.15, -0.1) is 0 Å². The summed E-state index contributed by atoms with van der Waals surface area (Å²) in [5.41, 5.74) is 1.71. The minimum Gasteiger partial charge on any atom is -0.426 e. The normalized spacial score (nSPS) is 10.2. The molecule has 0 heterocycles. The standard InChI is InChI=1S/C16H15FO2/c1-12-5-2-3-8-15(12)19-16(18)10-9-13-6-4-7-14(17)11-13/h2-8,11H,9-10H2,1H3. The van der Waals surface area contributed by atoms with Gasteiger partial charge in [-0.3, -0.25) is 4.79 Å². The number of aryl methyl sites for hydroxylation is 2. The quantitative estimate of drug-likeness (QED) is 0.617. The predicted molar refractivity (Wildman–Crippen MR) is 71.5 cm³/mol. The molecule has 3 heteroatoms. The van der Waals surface area contributed by atoms with Crippen LogP contribution in [0.15, 0.2) is 48.5 Å². The lowest BCUT2D eigenvalue weighted by Gasteiger charge is -2.07. The maximum absolute atomic E-state index is 13.0. The Bertz CT molecular complexity index is 578. The number of carbonyl (C=O) groups is 1. The third kappa shape index (κ3) is 3.91. The second-order valence-corrected chi connectivity index (χ2v) is 4.37. The second kappa shape index (κ2) is 6.14. The number of para-hydroxylation sites is 1. The number of esters is 1. The van der Waals surface area contributed by atoms with Crippen molar-refractivity contribution in [3.8, 4) is 5.75 Å². The van der Waals surface area contributed by atoms with Gasteiger partial charge in [-0.2, -0.15) is 0 Å². The first-order valence-corrected chi connectivity index (χ1v) is 6.16. The Labute approximate surface area is 111 Å². The van der Waals surface area contributed by atoms with Gasteiger partial charge >= 0.3 is 5.97 Å². The molecule has 2 rings (SSSR count). The Balaban J connectivity index is 1.90. The van der Waals surface area contributed by atoms with Crippen LogP contribution in [0.2, 0.25) is 0 Å². The van der Waals surface area contributed by atoms with Crippen LogP contribution >= 0.6 is 0 Å². The average Bonchev–Trinajstić information content (AvgIpc) is 2.39. The summed E-state index contributed by atoms with van der Waals surface area (Å²) >= 11 is 0. The number of hydrogen-bond donors (Lipinski definition) is 0. The van der Waals surface area contributed by atoms with Crippen molar-refractivity contribution in [2.45, 2.75) is 19.8 Å². The highest BCUT2D eigenvalue weighted by molar-refractivity contribution is 5.73. The highest BCUT2D eigenvalue weighted by Gasteiger charge is 2.07. The topological polar surface area (TPSA) is 26.3 Å². The van der Waals surface area contributed by atoms with Gasteiger partial charge < -0.3 is 4.74 Å². The van der Waals surface area contributed by atoms with E-state index in [1.165, 1.54) is 12.1 Å². The lowest BCUT2D eigenvalue weighted by molar-refractivity contribution is -0.134. The van der Waals surface area contributed by atoms with Gasteiger partial charge in [0, 0.05) is 6.42 Å². The summed E-state index contributed by atoms with van der Waals surface area (Å²) in [7, 11) is 0. The van der Waals surface area contributed by atoms with E-state index in [0.717, 1.165) is 11.1 Å². The van der Waals surface area contributed by atoms with E-state index in [1.807, 2.05) is 25.1 Å². The molecule has 0 N–H and O–H groups in total. The molecule has 0 aromatic heterocycles. The molecule has 0 amide bonds. The monoisotopic (exact) mass is 258 g/mol. The maximum atomic E-state index is 13.0. The molecule has 0 aliphatic carbocycles. The van der Waals surface area contributed by atoms with Crippen molar-refractivity contribution >= 4 is 5.97 Å². The third-order valence-corrected chi connectivity index (χ3v) is 2.82. The molecule has 0 unspecified atom stereocenters. The van der Waals surface area contributed by atoms with Crippen LogP contribution in [-0.4, -0.2) is 5.97 Å². The highest BCUT2D eigenvalue weighted by Crippen LogP contribution is 2.17. The Morgan fingerprint density at radius 3 is 2.68 bits per heavy atom. The Kier molecular flexibility index (Phi) is 4.29.